The van der Waals surface area contributed by atoms with Crippen LogP contribution in [0.5, 0.6) is 23.0 Å². The van der Waals surface area contributed by atoms with Crippen LogP contribution in [0.15, 0.2) is 109 Å². The summed E-state index contributed by atoms with van der Waals surface area (Å²) < 4.78 is 21.5. The van der Waals surface area contributed by atoms with Crippen LogP contribution >= 0.6 is 24.8 Å². The molecule has 4 rings (SSSR count). The Labute approximate surface area is 311 Å². The number of para-hydroxylation sites is 2. The molecule has 0 saturated heterocycles. The average Bonchev–Trinajstić information content (AvgIpc) is 3.09. The number of benzene rings is 4. The van der Waals surface area contributed by atoms with Crippen LogP contribution in [0, 0.1) is 0 Å². The van der Waals surface area contributed by atoms with E-state index in [4.69, 9.17) is 18.9 Å². The van der Waals surface area contributed by atoms with E-state index in [2.05, 4.69) is 62.6 Å². The smallest absolute Gasteiger partial charge is 0.119 e. The SMILES string of the molecule is COc1ccc(CC(C)(C)NC[C@@H](O)COc2ccccc2)cc1.COc1ccc(CC(C)(C)NC[C@H](O)COc2ccccc2)cc1.Cl.Cl. The molecular formula is C40H56Cl2N2O6. The van der Waals surface area contributed by atoms with Gasteiger partial charge in [0, 0.05) is 24.2 Å². The van der Waals surface area contributed by atoms with E-state index in [1.54, 1.807) is 14.2 Å². The Morgan fingerprint density at radius 2 is 0.820 bits per heavy atom. The largest absolute Gasteiger partial charge is 0.497 e. The highest BCUT2D eigenvalue weighted by Crippen LogP contribution is 2.18. The Morgan fingerprint density at radius 3 is 1.12 bits per heavy atom. The Bertz CT molecular complexity index is 1320. The van der Waals surface area contributed by atoms with E-state index in [1.807, 2.05) is 84.9 Å². The lowest BCUT2D eigenvalue weighted by atomic mass is 9.94. The maximum Gasteiger partial charge on any atom is 0.119 e. The zero-order valence-corrected chi connectivity index (χ0v) is 31.8. The van der Waals surface area contributed by atoms with Gasteiger partial charge in [-0.05, 0) is 100 Å². The molecule has 10 heteroatoms. The van der Waals surface area contributed by atoms with Crippen LogP contribution in [-0.4, -0.2) is 74.0 Å². The minimum atomic E-state index is -0.555. The molecule has 8 nitrogen and oxygen atoms in total. The number of methoxy groups -OCH3 is 2. The van der Waals surface area contributed by atoms with Crippen molar-refractivity contribution in [2.45, 2.75) is 63.8 Å². The summed E-state index contributed by atoms with van der Waals surface area (Å²) in [5, 5.41) is 27.0. The van der Waals surface area contributed by atoms with Crippen molar-refractivity contribution >= 4 is 24.8 Å². The molecule has 276 valence electrons. The summed E-state index contributed by atoms with van der Waals surface area (Å²) in [6.45, 7) is 10.0. The van der Waals surface area contributed by atoms with Crippen LogP contribution in [-0.2, 0) is 12.8 Å². The summed E-state index contributed by atoms with van der Waals surface area (Å²) >= 11 is 0. The van der Waals surface area contributed by atoms with Crippen LogP contribution in [0.1, 0.15) is 38.8 Å². The number of aliphatic hydroxyl groups is 2. The van der Waals surface area contributed by atoms with Gasteiger partial charge in [-0.3, -0.25) is 0 Å². The van der Waals surface area contributed by atoms with Crippen LogP contribution in [0.25, 0.3) is 0 Å². The molecule has 4 N–H and O–H groups in total. The van der Waals surface area contributed by atoms with Crippen molar-refractivity contribution in [3.8, 4) is 23.0 Å². The molecule has 0 spiro atoms. The lowest BCUT2D eigenvalue weighted by Crippen LogP contribution is -2.46. The number of rotatable bonds is 18. The Kier molecular flexibility index (Phi) is 20.5. The van der Waals surface area contributed by atoms with E-state index in [1.165, 1.54) is 11.1 Å². The number of hydrogen-bond acceptors (Lipinski definition) is 8. The Morgan fingerprint density at radius 1 is 0.500 bits per heavy atom. The first-order chi connectivity index (χ1) is 23.0. The molecule has 0 amide bonds. The third-order valence-corrected chi connectivity index (χ3v) is 7.61. The normalized spacial score (nSPS) is 12.2. The van der Waals surface area contributed by atoms with Crippen molar-refractivity contribution < 1.29 is 29.2 Å². The first-order valence-corrected chi connectivity index (χ1v) is 16.4. The Hall–Kier alpha value is -3.50. The third-order valence-electron chi connectivity index (χ3n) is 7.61. The molecule has 0 aliphatic carbocycles. The number of ether oxygens (including phenoxy) is 4. The molecule has 0 aliphatic heterocycles. The van der Waals surface area contributed by atoms with Gasteiger partial charge >= 0.3 is 0 Å². The van der Waals surface area contributed by atoms with E-state index in [0.717, 1.165) is 35.8 Å². The summed E-state index contributed by atoms with van der Waals surface area (Å²) in [4.78, 5) is 0. The molecule has 50 heavy (non-hydrogen) atoms. The Balaban J connectivity index is 0.000000481. The predicted octanol–water partition coefficient (Wildman–Crippen LogP) is 6.94. The fraction of sp³-hybridized carbons (Fsp3) is 0.400. The standard InChI is InChI=1S/2C20H27NO3.2ClH/c2*1-20(2,13-16-9-11-18(23-3)12-10-16)21-14-17(22)15-24-19-7-5-4-6-8-19;;/h2*4-12,17,21-22H,13-15H2,1-3H3;2*1H/t2*17-;;/m10../s1. The van der Waals surface area contributed by atoms with Crippen LogP contribution in [0.4, 0.5) is 0 Å². The minimum absolute atomic E-state index is 0. The number of aliphatic hydroxyl groups excluding tert-OH is 2. The molecule has 0 unspecified atom stereocenters. The van der Waals surface area contributed by atoms with Gasteiger partial charge in [0.05, 0.1) is 14.2 Å². The van der Waals surface area contributed by atoms with E-state index in [0.29, 0.717) is 13.1 Å². The second-order valence-electron chi connectivity index (χ2n) is 13.1. The predicted molar refractivity (Wildman–Crippen MR) is 208 cm³/mol. The first kappa shape index (κ1) is 44.5. The molecular weight excluding hydrogens is 675 g/mol. The number of β-amino-alcohol motifs (C(OH)–C–C–N with tert-alkyl or cyclic N) is 2. The van der Waals surface area contributed by atoms with E-state index >= 15 is 0 Å². The van der Waals surface area contributed by atoms with E-state index < -0.39 is 12.2 Å². The van der Waals surface area contributed by atoms with Crippen molar-refractivity contribution in [1.29, 1.82) is 0 Å². The number of halogens is 2. The highest BCUT2D eigenvalue weighted by Gasteiger charge is 2.21. The second kappa shape index (κ2) is 23.1. The zero-order valence-electron chi connectivity index (χ0n) is 30.1. The number of nitrogens with one attached hydrogen (secondary N) is 2. The summed E-state index contributed by atoms with van der Waals surface area (Å²) in [5.41, 5.74) is 2.21. The average molecular weight is 732 g/mol. The molecule has 0 fully saturated rings. The van der Waals surface area contributed by atoms with Crippen LogP contribution in [0.3, 0.4) is 0 Å². The van der Waals surface area contributed by atoms with Gasteiger partial charge in [-0.2, -0.15) is 0 Å². The second-order valence-corrected chi connectivity index (χ2v) is 13.1. The third kappa shape index (κ3) is 17.9. The van der Waals surface area contributed by atoms with Gasteiger partial charge in [0.2, 0.25) is 0 Å². The monoisotopic (exact) mass is 730 g/mol. The molecule has 0 aliphatic rings. The molecule has 0 radical (unpaired) electrons. The van der Waals surface area contributed by atoms with Gasteiger partial charge in [0.1, 0.15) is 48.4 Å². The first-order valence-electron chi connectivity index (χ1n) is 16.4. The van der Waals surface area contributed by atoms with Crippen LogP contribution < -0.4 is 29.6 Å². The summed E-state index contributed by atoms with van der Waals surface area (Å²) in [6.07, 6.45) is 0.618. The van der Waals surface area contributed by atoms with E-state index in [9.17, 15) is 10.2 Å². The maximum atomic E-state index is 10.1. The molecule has 4 aromatic rings. The van der Waals surface area contributed by atoms with Crippen molar-refractivity contribution in [1.82, 2.24) is 10.6 Å². The summed E-state index contributed by atoms with van der Waals surface area (Å²) in [6, 6.07) is 35.2. The highest BCUT2D eigenvalue weighted by atomic mass is 35.5. The quantitative estimate of drug-likeness (QED) is 0.0875. The van der Waals surface area contributed by atoms with Gasteiger partial charge in [0.15, 0.2) is 0 Å². The maximum absolute atomic E-state index is 10.1. The van der Waals surface area contributed by atoms with Gasteiger partial charge in [-0.15, -0.1) is 24.8 Å². The fourth-order valence-electron chi connectivity index (χ4n) is 4.96. The number of hydrogen-bond donors (Lipinski definition) is 4. The van der Waals surface area contributed by atoms with E-state index in [-0.39, 0.29) is 49.1 Å². The minimum Gasteiger partial charge on any atom is -0.497 e. The lowest BCUT2D eigenvalue weighted by Gasteiger charge is -2.28. The highest BCUT2D eigenvalue weighted by molar-refractivity contribution is 5.85. The van der Waals surface area contributed by atoms with Gasteiger partial charge in [-0.1, -0.05) is 60.7 Å². The van der Waals surface area contributed by atoms with Crippen molar-refractivity contribution in [2.24, 2.45) is 0 Å². The molecule has 0 bridgehead atoms. The summed E-state index contributed by atoms with van der Waals surface area (Å²) in [5.74, 6) is 3.26. The van der Waals surface area contributed by atoms with Gasteiger partial charge < -0.3 is 39.8 Å². The zero-order chi connectivity index (χ0) is 34.8. The molecule has 0 saturated carbocycles. The van der Waals surface area contributed by atoms with Gasteiger partial charge in [0.25, 0.3) is 0 Å². The van der Waals surface area contributed by atoms with Gasteiger partial charge in [-0.25, -0.2) is 0 Å². The molecule has 0 heterocycles. The topological polar surface area (TPSA) is 101 Å². The molecule has 0 aromatic heterocycles. The van der Waals surface area contributed by atoms with Crippen molar-refractivity contribution in [3.63, 3.8) is 0 Å². The van der Waals surface area contributed by atoms with Crippen molar-refractivity contribution in [3.05, 3.63) is 120 Å². The summed E-state index contributed by atoms with van der Waals surface area (Å²) in [7, 11) is 3.33. The fourth-order valence-corrected chi connectivity index (χ4v) is 4.96. The molecule has 2 atom stereocenters. The lowest BCUT2D eigenvalue weighted by molar-refractivity contribution is 0.0988. The molecule has 4 aromatic carbocycles. The van der Waals surface area contributed by atoms with Crippen molar-refractivity contribution in [2.75, 3.05) is 40.5 Å². The van der Waals surface area contributed by atoms with Crippen LogP contribution in [0.2, 0.25) is 0 Å².